The predicted molar refractivity (Wildman–Crippen MR) is 62.9 cm³/mol. The zero-order valence-electron chi connectivity index (χ0n) is 9.61. The summed E-state index contributed by atoms with van der Waals surface area (Å²) in [5.74, 6) is -1.55. The van der Waals surface area contributed by atoms with Crippen LogP contribution in [0.1, 0.15) is 18.1 Å². The average molecular weight is 276 g/mol. The molecule has 1 aromatic carbocycles. The van der Waals surface area contributed by atoms with Crippen molar-refractivity contribution >= 4 is 23.3 Å². The molecule has 1 rings (SSSR count). The van der Waals surface area contributed by atoms with Crippen molar-refractivity contribution in [3.8, 4) is 0 Å². The molecule has 0 fully saturated rings. The van der Waals surface area contributed by atoms with Gasteiger partial charge in [-0.1, -0.05) is 0 Å². The van der Waals surface area contributed by atoms with Crippen molar-refractivity contribution in [1.82, 2.24) is 0 Å². The van der Waals surface area contributed by atoms with Crippen LogP contribution in [0.4, 0.5) is 10.1 Å². The molecule has 1 aromatic rings. The topological polar surface area (TPSA) is 69.4 Å². The Bertz CT molecular complexity index is 478. The second kappa shape index (κ2) is 6.30. The highest BCUT2D eigenvalue weighted by atomic mass is 35.5. The highest BCUT2D eigenvalue weighted by Gasteiger charge is 2.18. The number of nitro benzene ring substituents is 1. The number of ether oxygens (including phenoxy) is 1. The van der Waals surface area contributed by atoms with E-state index in [0.717, 1.165) is 12.1 Å². The van der Waals surface area contributed by atoms with Crippen LogP contribution >= 0.6 is 11.6 Å². The molecule has 0 aliphatic heterocycles. The van der Waals surface area contributed by atoms with Gasteiger partial charge >= 0.3 is 5.97 Å². The fraction of sp³-hybridized carbons (Fsp3) is 0.364. The maximum absolute atomic E-state index is 13.8. The van der Waals surface area contributed by atoms with Crippen molar-refractivity contribution in [3.05, 3.63) is 39.2 Å². The average Bonchev–Trinajstić information content (AvgIpc) is 2.31. The van der Waals surface area contributed by atoms with Gasteiger partial charge in [0.2, 0.25) is 0 Å². The molecule has 18 heavy (non-hydrogen) atoms. The van der Waals surface area contributed by atoms with E-state index < -0.39 is 16.7 Å². The van der Waals surface area contributed by atoms with Crippen LogP contribution in [0.15, 0.2) is 12.1 Å². The molecule has 98 valence electrons. The number of halogens is 2. The van der Waals surface area contributed by atoms with Crippen molar-refractivity contribution in [2.24, 2.45) is 0 Å². The lowest BCUT2D eigenvalue weighted by molar-refractivity contribution is -0.385. The SMILES string of the molecule is CCOC(=O)Cc1cc([N+](=O)[O-])cc(CCl)c1F. The predicted octanol–water partition coefficient (Wildman–Crippen LogP) is 2.58. The van der Waals surface area contributed by atoms with Gasteiger partial charge in [0.15, 0.2) is 0 Å². The molecule has 0 amide bonds. The summed E-state index contributed by atoms with van der Waals surface area (Å²) >= 11 is 5.50. The minimum Gasteiger partial charge on any atom is -0.466 e. The molecule has 0 radical (unpaired) electrons. The summed E-state index contributed by atoms with van der Waals surface area (Å²) in [6, 6.07) is 2.07. The maximum atomic E-state index is 13.8. The summed E-state index contributed by atoms with van der Waals surface area (Å²) < 4.78 is 18.5. The van der Waals surface area contributed by atoms with Crippen molar-refractivity contribution in [2.45, 2.75) is 19.2 Å². The molecule has 0 saturated carbocycles. The van der Waals surface area contributed by atoms with E-state index >= 15 is 0 Å². The first-order valence-electron chi connectivity index (χ1n) is 5.16. The maximum Gasteiger partial charge on any atom is 0.310 e. The number of nitro groups is 1. The molecule has 5 nitrogen and oxygen atoms in total. The summed E-state index contributed by atoms with van der Waals surface area (Å²) in [5.41, 5.74) is -0.394. The lowest BCUT2D eigenvalue weighted by Gasteiger charge is -2.06. The number of hydrogen-bond acceptors (Lipinski definition) is 4. The van der Waals surface area contributed by atoms with Gasteiger partial charge in [0.25, 0.3) is 5.69 Å². The van der Waals surface area contributed by atoms with Gasteiger partial charge in [0.05, 0.1) is 23.8 Å². The van der Waals surface area contributed by atoms with Gasteiger partial charge < -0.3 is 4.74 Å². The van der Waals surface area contributed by atoms with Crippen molar-refractivity contribution in [2.75, 3.05) is 6.61 Å². The normalized spacial score (nSPS) is 10.2. The van der Waals surface area contributed by atoms with E-state index in [1.165, 1.54) is 0 Å². The third-order valence-corrected chi connectivity index (χ3v) is 2.49. The van der Waals surface area contributed by atoms with Gasteiger partial charge in [0, 0.05) is 23.3 Å². The summed E-state index contributed by atoms with van der Waals surface area (Å²) in [6.45, 7) is 1.78. The molecule has 0 N–H and O–H groups in total. The molecule has 0 heterocycles. The molecule has 7 heteroatoms. The fourth-order valence-corrected chi connectivity index (χ4v) is 1.62. The van der Waals surface area contributed by atoms with E-state index in [9.17, 15) is 19.3 Å². The van der Waals surface area contributed by atoms with E-state index in [2.05, 4.69) is 4.74 Å². The lowest BCUT2D eigenvalue weighted by Crippen LogP contribution is -2.10. The standard InChI is InChI=1S/C11H11ClFNO4/c1-2-18-10(15)5-7-3-9(14(16)17)4-8(6-12)11(7)13/h3-4H,2,5-6H2,1H3. The second-order valence-electron chi connectivity index (χ2n) is 3.45. The molecule has 0 atom stereocenters. The Morgan fingerprint density at radius 1 is 1.50 bits per heavy atom. The number of hydrogen-bond donors (Lipinski definition) is 0. The zero-order chi connectivity index (χ0) is 13.7. The van der Waals surface area contributed by atoms with E-state index in [4.69, 9.17) is 11.6 Å². The largest absolute Gasteiger partial charge is 0.466 e. The van der Waals surface area contributed by atoms with Crippen LogP contribution in [0, 0.1) is 15.9 Å². The molecule has 0 aliphatic rings. The summed E-state index contributed by atoms with van der Waals surface area (Å²) in [7, 11) is 0. The van der Waals surface area contributed by atoms with Gasteiger partial charge in [0.1, 0.15) is 5.82 Å². The first-order chi connectivity index (χ1) is 8.49. The zero-order valence-corrected chi connectivity index (χ0v) is 10.4. The first kappa shape index (κ1) is 14.4. The van der Waals surface area contributed by atoms with Gasteiger partial charge in [-0.3, -0.25) is 14.9 Å². The molecular weight excluding hydrogens is 265 g/mol. The number of alkyl halides is 1. The molecule has 0 bridgehead atoms. The molecule has 0 unspecified atom stereocenters. The Morgan fingerprint density at radius 2 is 2.11 bits per heavy atom. The van der Waals surface area contributed by atoms with Crippen LogP contribution < -0.4 is 0 Å². The monoisotopic (exact) mass is 275 g/mol. The first-order valence-corrected chi connectivity index (χ1v) is 5.70. The molecule has 0 aromatic heterocycles. The number of rotatable bonds is 5. The highest BCUT2D eigenvalue weighted by Crippen LogP contribution is 2.23. The van der Waals surface area contributed by atoms with Crippen LogP contribution in [-0.4, -0.2) is 17.5 Å². The van der Waals surface area contributed by atoms with Crippen molar-refractivity contribution in [1.29, 1.82) is 0 Å². The smallest absolute Gasteiger partial charge is 0.310 e. The third-order valence-electron chi connectivity index (χ3n) is 2.20. The van der Waals surface area contributed by atoms with Crippen LogP contribution in [0.2, 0.25) is 0 Å². The van der Waals surface area contributed by atoms with Crippen molar-refractivity contribution < 1.29 is 18.8 Å². The highest BCUT2D eigenvalue weighted by molar-refractivity contribution is 6.17. The Kier molecular flexibility index (Phi) is 5.03. The minimum absolute atomic E-state index is 0.00911. The Labute approximate surface area is 108 Å². The summed E-state index contributed by atoms with van der Waals surface area (Å²) in [6.07, 6.45) is -0.356. The Hall–Kier alpha value is -1.69. The number of carbonyl (C=O) groups is 1. The molecular formula is C11H11ClFNO4. The van der Waals surface area contributed by atoms with Gasteiger partial charge in [-0.2, -0.15) is 0 Å². The molecule has 0 saturated heterocycles. The molecule has 0 spiro atoms. The van der Waals surface area contributed by atoms with Gasteiger partial charge in [-0.15, -0.1) is 11.6 Å². The fourth-order valence-electron chi connectivity index (χ4n) is 1.43. The Morgan fingerprint density at radius 3 is 2.61 bits per heavy atom. The van der Waals surface area contributed by atoms with Crippen molar-refractivity contribution in [3.63, 3.8) is 0 Å². The third kappa shape index (κ3) is 3.40. The number of benzene rings is 1. The lowest BCUT2D eigenvalue weighted by atomic mass is 10.1. The molecule has 0 aliphatic carbocycles. The van der Waals surface area contributed by atoms with Gasteiger partial charge in [-0.25, -0.2) is 4.39 Å². The van der Waals surface area contributed by atoms with E-state index in [1.807, 2.05) is 0 Å². The van der Waals surface area contributed by atoms with E-state index in [0.29, 0.717) is 0 Å². The van der Waals surface area contributed by atoms with Gasteiger partial charge in [-0.05, 0) is 6.92 Å². The second-order valence-corrected chi connectivity index (χ2v) is 3.72. The summed E-state index contributed by atoms with van der Waals surface area (Å²) in [5, 5.41) is 10.7. The van der Waals surface area contributed by atoms with Crippen LogP contribution in [0.25, 0.3) is 0 Å². The van der Waals surface area contributed by atoms with Crippen LogP contribution in [0.5, 0.6) is 0 Å². The number of esters is 1. The number of nitrogens with zero attached hydrogens (tertiary/aromatic N) is 1. The van der Waals surface area contributed by atoms with E-state index in [-0.39, 0.29) is 35.7 Å². The Balaban J connectivity index is 3.12. The number of carbonyl (C=O) groups excluding carboxylic acids is 1. The van der Waals surface area contributed by atoms with Crippen LogP contribution in [0.3, 0.4) is 0 Å². The minimum atomic E-state index is -0.705. The van der Waals surface area contributed by atoms with E-state index in [1.54, 1.807) is 6.92 Å². The van der Waals surface area contributed by atoms with Crippen LogP contribution in [-0.2, 0) is 21.8 Å². The number of non-ortho nitro benzene ring substituents is 1. The quantitative estimate of drug-likeness (QED) is 0.358. The summed E-state index contributed by atoms with van der Waals surface area (Å²) in [4.78, 5) is 21.3.